The van der Waals surface area contributed by atoms with Crippen molar-refractivity contribution in [2.45, 2.75) is 20.8 Å². The highest BCUT2D eigenvalue weighted by Gasteiger charge is 2.23. The second-order valence-corrected chi connectivity index (χ2v) is 6.13. The molecular weight excluding hydrogens is 240 g/mol. The number of hydrogen-bond donors (Lipinski definition) is 1. The van der Waals surface area contributed by atoms with Gasteiger partial charge in [0, 0.05) is 31.8 Å². The highest BCUT2D eigenvalue weighted by Crippen LogP contribution is 2.40. The standard InChI is InChI=1S/C15H24N2O2/c1-15(2,3)10-17-7-6-16-11-8-13(18-4)14(19-5)9-12(11)17/h8-9,16H,6-7,10H2,1-5H3. The van der Waals surface area contributed by atoms with Gasteiger partial charge in [0.25, 0.3) is 0 Å². The van der Waals surface area contributed by atoms with Crippen LogP contribution in [0.3, 0.4) is 0 Å². The summed E-state index contributed by atoms with van der Waals surface area (Å²) in [7, 11) is 3.34. The summed E-state index contributed by atoms with van der Waals surface area (Å²) in [6.45, 7) is 9.77. The van der Waals surface area contributed by atoms with Crippen LogP contribution in [0.1, 0.15) is 20.8 Å². The van der Waals surface area contributed by atoms with Crippen molar-refractivity contribution in [2.75, 3.05) is 44.1 Å². The number of nitrogens with one attached hydrogen (secondary N) is 1. The number of methoxy groups -OCH3 is 2. The maximum Gasteiger partial charge on any atom is 0.162 e. The molecule has 19 heavy (non-hydrogen) atoms. The Hall–Kier alpha value is -1.58. The number of hydrogen-bond acceptors (Lipinski definition) is 4. The monoisotopic (exact) mass is 264 g/mol. The molecular formula is C15H24N2O2. The van der Waals surface area contributed by atoms with Crippen molar-refractivity contribution in [2.24, 2.45) is 5.41 Å². The van der Waals surface area contributed by atoms with Crippen molar-refractivity contribution >= 4 is 11.4 Å². The van der Waals surface area contributed by atoms with Gasteiger partial charge in [0.05, 0.1) is 25.6 Å². The molecule has 1 heterocycles. The summed E-state index contributed by atoms with van der Waals surface area (Å²) in [5.74, 6) is 1.55. The number of benzene rings is 1. The normalized spacial score (nSPS) is 14.7. The molecule has 1 N–H and O–H groups in total. The molecule has 0 unspecified atom stereocenters. The quantitative estimate of drug-likeness (QED) is 0.910. The average Bonchev–Trinajstić information content (AvgIpc) is 2.35. The summed E-state index contributed by atoms with van der Waals surface area (Å²) < 4.78 is 10.8. The fourth-order valence-corrected chi connectivity index (χ4v) is 2.45. The van der Waals surface area contributed by atoms with E-state index >= 15 is 0 Å². The molecule has 0 saturated carbocycles. The molecule has 1 aliphatic rings. The van der Waals surface area contributed by atoms with Crippen molar-refractivity contribution in [3.8, 4) is 11.5 Å². The smallest absolute Gasteiger partial charge is 0.162 e. The third-order valence-electron chi connectivity index (χ3n) is 3.20. The average molecular weight is 264 g/mol. The Bertz CT molecular complexity index is 452. The van der Waals surface area contributed by atoms with Crippen LogP contribution in [0, 0.1) is 5.41 Å². The van der Waals surface area contributed by atoms with Crippen LogP contribution in [0.15, 0.2) is 12.1 Å². The van der Waals surface area contributed by atoms with Crippen molar-refractivity contribution in [1.82, 2.24) is 0 Å². The Labute approximate surface area is 115 Å². The van der Waals surface area contributed by atoms with Gasteiger partial charge >= 0.3 is 0 Å². The fourth-order valence-electron chi connectivity index (χ4n) is 2.45. The Balaban J connectivity index is 2.37. The van der Waals surface area contributed by atoms with E-state index in [1.165, 1.54) is 5.69 Å². The molecule has 0 aliphatic carbocycles. The predicted octanol–water partition coefficient (Wildman–Crippen LogP) is 2.98. The van der Waals surface area contributed by atoms with E-state index in [0.717, 1.165) is 36.8 Å². The zero-order valence-electron chi connectivity index (χ0n) is 12.5. The van der Waals surface area contributed by atoms with Gasteiger partial charge in [-0.2, -0.15) is 0 Å². The van der Waals surface area contributed by atoms with E-state index in [4.69, 9.17) is 9.47 Å². The van der Waals surface area contributed by atoms with Crippen LogP contribution in [0.2, 0.25) is 0 Å². The molecule has 0 spiro atoms. The summed E-state index contributed by atoms with van der Waals surface area (Å²) in [4.78, 5) is 2.41. The summed E-state index contributed by atoms with van der Waals surface area (Å²) in [6.07, 6.45) is 0. The second-order valence-electron chi connectivity index (χ2n) is 6.13. The van der Waals surface area contributed by atoms with Crippen LogP contribution in [0.4, 0.5) is 11.4 Å². The number of rotatable bonds is 3. The third-order valence-corrected chi connectivity index (χ3v) is 3.20. The lowest BCUT2D eigenvalue weighted by atomic mass is 9.95. The fraction of sp³-hybridized carbons (Fsp3) is 0.600. The van der Waals surface area contributed by atoms with Gasteiger partial charge in [0.2, 0.25) is 0 Å². The Morgan fingerprint density at radius 1 is 1.16 bits per heavy atom. The number of fused-ring (bicyclic) bond motifs is 1. The van der Waals surface area contributed by atoms with Gasteiger partial charge in [-0.05, 0) is 5.41 Å². The SMILES string of the molecule is COc1cc2c(cc1OC)N(CC(C)(C)C)CCN2. The largest absolute Gasteiger partial charge is 0.493 e. The molecule has 0 radical (unpaired) electrons. The first-order valence-electron chi connectivity index (χ1n) is 6.69. The van der Waals surface area contributed by atoms with Gasteiger partial charge in [0.1, 0.15) is 0 Å². The summed E-state index contributed by atoms with van der Waals surface area (Å²) in [5.41, 5.74) is 2.58. The van der Waals surface area contributed by atoms with Crippen molar-refractivity contribution < 1.29 is 9.47 Å². The molecule has 0 atom stereocenters. The Morgan fingerprint density at radius 2 is 1.79 bits per heavy atom. The van der Waals surface area contributed by atoms with E-state index in [0.29, 0.717) is 0 Å². The van der Waals surface area contributed by atoms with Crippen molar-refractivity contribution in [3.05, 3.63) is 12.1 Å². The molecule has 1 aromatic rings. The summed E-state index contributed by atoms with van der Waals surface area (Å²) in [6, 6.07) is 4.08. The lowest BCUT2D eigenvalue weighted by molar-refractivity contribution is 0.354. The van der Waals surface area contributed by atoms with Crippen molar-refractivity contribution in [1.29, 1.82) is 0 Å². The van der Waals surface area contributed by atoms with Crippen LogP contribution in [-0.4, -0.2) is 33.9 Å². The molecule has 4 heteroatoms. The lowest BCUT2D eigenvalue weighted by Crippen LogP contribution is -2.39. The first kappa shape index (κ1) is 13.8. The van der Waals surface area contributed by atoms with Gasteiger partial charge in [-0.15, -0.1) is 0 Å². The number of nitrogens with zero attached hydrogens (tertiary/aromatic N) is 1. The molecule has 0 bridgehead atoms. The minimum absolute atomic E-state index is 0.266. The first-order chi connectivity index (χ1) is 8.94. The zero-order valence-corrected chi connectivity index (χ0v) is 12.5. The van der Waals surface area contributed by atoms with Crippen LogP contribution < -0.4 is 19.7 Å². The van der Waals surface area contributed by atoms with E-state index < -0.39 is 0 Å². The topological polar surface area (TPSA) is 33.7 Å². The van der Waals surface area contributed by atoms with E-state index in [1.807, 2.05) is 6.07 Å². The number of ether oxygens (including phenoxy) is 2. The third kappa shape index (κ3) is 3.06. The minimum Gasteiger partial charge on any atom is -0.493 e. The summed E-state index contributed by atoms with van der Waals surface area (Å²) in [5, 5.41) is 3.43. The molecule has 0 aromatic heterocycles. The lowest BCUT2D eigenvalue weighted by Gasteiger charge is -2.37. The van der Waals surface area contributed by atoms with E-state index in [9.17, 15) is 0 Å². The molecule has 0 saturated heterocycles. The van der Waals surface area contributed by atoms with Gasteiger partial charge in [-0.25, -0.2) is 0 Å². The van der Waals surface area contributed by atoms with Crippen LogP contribution >= 0.6 is 0 Å². The van der Waals surface area contributed by atoms with Crippen LogP contribution in [0.5, 0.6) is 11.5 Å². The maximum atomic E-state index is 5.40. The van der Waals surface area contributed by atoms with Gasteiger partial charge < -0.3 is 19.7 Å². The first-order valence-corrected chi connectivity index (χ1v) is 6.69. The Kier molecular flexibility index (Phi) is 3.78. The van der Waals surface area contributed by atoms with Gasteiger partial charge in [-0.1, -0.05) is 20.8 Å². The van der Waals surface area contributed by atoms with Crippen LogP contribution in [0.25, 0.3) is 0 Å². The van der Waals surface area contributed by atoms with Gasteiger partial charge in [0.15, 0.2) is 11.5 Å². The minimum atomic E-state index is 0.266. The molecule has 4 nitrogen and oxygen atoms in total. The predicted molar refractivity (Wildman–Crippen MR) is 79.7 cm³/mol. The second kappa shape index (κ2) is 5.19. The zero-order chi connectivity index (χ0) is 14.0. The molecule has 106 valence electrons. The molecule has 1 aromatic carbocycles. The highest BCUT2D eigenvalue weighted by molar-refractivity contribution is 5.76. The highest BCUT2D eigenvalue weighted by atomic mass is 16.5. The number of anilines is 2. The maximum absolute atomic E-state index is 5.40. The van der Waals surface area contributed by atoms with E-state index in [1.54, 1.807) is 14.2 Å². The molecule has 1 aliphatic heterocycles. The molecule has 0 fully saturated rings. The Morgan fingerprint density at radius 3 is 2.37 bits per heavy atom. The van der Waals surface area contributed by atoms with E-state index in [-0.39, 0.29) is 5.41 Å². The van der Waals surface area contributed by atoms with Gasteiger partial charge in [-0.3, -0.25) is 0 Å². The molecule has 0 amide bonds. The van der Waals surface area contributed by atoms with Crippen molar-refractivity contribution in [3.63, 3.8) is 0 Å². The summed E-state index contributed by atoms with van der Waals surface area (Å²) >= 11 is 0. The molecule has 2 rings (SSSR count). The van der Waals surface area contributed by atoms with E-state index in [2.05, 4.69) is 37.1 Å². The van der Waals surface area contributed by atoms with Crippen LogP contribution in [-0.2, 0) is 0 Å².